The first-order chi connectivity index (χ1) is 18.4. The molecule has 0 atom stereocenters. The van der Waals surface area contributed by atoms with Gasteiger partial charge in [-0.05, 0) is 67.4 Å². The first kappa shape index (κ1) is 25.8. The summed E-state index contributed by atoms with van der Waals surface area (Å²) in [7, 11) is 0. The number of unbranched alkanes of at least 4 members (excludes halogenated alkanes) is 1. The molecule has 1 aliphatic rings. The molecule has 0 bridgehead atoms. The van der Waals surface area contributed by atoms with E-state index < -0.39 is 11.7 Å². The Morgan fingerprint density at radius 3 is 2.47 bits per heavy atom. The fraction of sp³-hybridized carbons (Fsp3) is 0.310. The number of hydrogen-bond acceptors (Lipinski definition) is 4. The van der Waals surface area contributed by atoms with Crippen molar-refractivity contribution in [1.82, 2.24) is 19.6 Å². The molecule has 1 N–H and O–H groups in total. The monoisotopic (exact) mass is 521 g/mol. The number of anilines is 1. The van der Waals surface area contributed by atoms with Gasteiger partial charge in [-0.3, -0.25) is 9.69 Å². The van der Waals surface area contributed by atoms with Gasteiger partial charge in [0.05, 0.1) is 5.56 Å². The van der Waals surface area contributed by atoms with Crippen LogP contribution < -0.4 is 10.2 Å². The molecule has 1 amide bonds. The van der Waals surface area contributed by atoms with Crippen molar-refractivity contribution in [3.63, 3.8) is 0 Å². The Morgan fingerprint density at radius 2 is 1.71 bits per heavy atom. The Bertz CT molecular complexity index is 1370. The van der Waals surface area contributed by atoms with Gasteiger partial charge in [-0.1, -0.05) is 18.2 Å². The molecule has 0 unspecified atom stereocenters. The number of benzene rings is 2. The smallest absolute Gasteiger partial charge is 0.369 e. The standard InChI is InChI=1S/C29H30F3N5O/c30-29(31,32)24-5-3-6-25(21-24)36-19-17-35(18-20-36)14-2-1-12-34-28(38)23-10-8-22(9-11-23)26-7-4-15-37-16-13-33-27(26)37/h3-11,13,15-16,21H,1-2,12,14,17-20H2,(H,34,38). The molecule has 1 fully saturated rings. The minimum atomic E-state index is -4.33. The first-order valence-corrected chi connectivity index (χ1v) is 12.8. The van der Waals surface area contributed by atoms with Crippen LogP contribution in [0.3, 0.4) is 0 Å². The van der Waals surface area contributed by atoms with Crippen molar-refractivity contribution < 1.29 is 18.0 Å². The van der Waals surface area contributed by atoms with Gasteiger partial charge in [0.25, 0.3) is 5.91 Å². The van der Waals surface area contributed by atoms with Gasteiger partial charge in [0, 0.05) is 68.1 Å². The van der Waals surface area contributed by atoms with Crippen molar-refractivity contribution in [3.8, 4) is 11.1 Å². The number of nitrogens with one attached hydrogen (secondary N) is 1. The normalized spacial score (nSPS) is 14.7. The minimum absolute atomic E-state index is 0.0923. The summed E-state index contributed by atoms with van der Waals surface area (Å²) in [6.45, 7) is 4.51. The third-order valence-electron chi connectivity index (χ3n) is 6.97. The van der Waals surface area contributed by atoms with E-state index in [-0.39, 0.29) is 5.91 Å². The predicted molar refractivity (Wildman–Crippen MR) is 142 cm³/mol. The van der Waals surface area contributed by atoms with Crippen LogP contribution in [0.1, 0.15) is 28.8 Å². The molecular weight excluding hydrogens is 491 g/mol. The zero-order chi connectivity index (χ0) is 26.5. The van der Waals surface area contributed by atoms with Crippen LogP contribution >= 0.6 is 0 Å². The van der Waals surface area contributed by atoms with Crippen molar-refractivity contribution in [3.05, 3.63) is 90.4 Å². The van der Waals surface area contributed by atoms with Crippen LogP contribution in [0.5, 0.6) is 0 Å². The lowest BCUT2D eigenvalue weighted by molar-refractivity contribution is -0.137. The average molecular weight is 522 g/mol. The molecule has 3 heterocycles. The quantitative estimate of drug-likeness (QED) is 0.318. The molecule has 4 aromatic rings. The maximum atomic E-state index is 13.0. The average Bonchev–Trinajstić information content (AvgIpc) is 3.42. The zero-order valence-corrected chi connectivity index (χ0v) is 21.0. The second-order valence-corrected chi connectivity index (χ2v) is 9.50. The molecule has 2 aromatic heterocycles. The summed E-state index contributed by atoms with van der Waals surface area (Å²) < 4.78 is 41.0. The van der Waals surface area contributed by atoms with E-state index in [0.29, 0.717) is 30.9 Å². The maximum absolute atomic E-state index is 13.0. The van der Waals surface area contributed by atoms with E-state index in [1.165, 1.54) is 12.1 Å². The number of carbonyl (C=O) groups excluding carboxylic acids is 1. The van der Waals surface area contributed by atoms with Crippen molar-refractivity contribution in [1.29, 1.82) is 0 Å². The number of piperazine rings is 1. The molecule has 0 spiro atoms. The summed E-state index contributed by atoms with van der Waals surface area (Å²) in [4.78, 5) is 21.3. The second kappa shape index (κ2) is 11.3. The SMILES string of the molecule is O=C(NCCCCN1CCN(c2cccc(C(F)(F)F)c2)CC1)c1ccc(-c2cccn3ccnc23)cc1. The van der Waals surface area contributed by atoms with Gasteiger partial charge in [0.1, 0.15) is 5.65 Å². The third-order valence-corrected chi connectivity index (χ3v) is 6.97. The van der Waals surface area contributed by atoms with Crippen LogP contribution in [0.25, 0.3) is 16.8 Å². The van der Waals surface area contributed by atoms with Gasteiger partial charge in [-0.25, -0.2) is 4.98 Å². The summed E-state index contributed by atoms with van der Waals surface area (Å²) in [6.07, 6.45) is 3.10. The number of nitrogens with zero attached hydrogens (tertiary/aromatic N) is 4. The number of alkyl halides is 3. The van der Waals surface area contributed by atoms with Crippen molar-refractivity contribution in [2.24, 2.45) is 0 Å². The van der Waals surface area contributed by atoms with Gasteiger partial charge in [0.15, 0.2) is 0 Å². The fourth-order valence-electron chi connectivity index (χ4n) is 4.85. The molecule has 2 aromatic carbocycles. The minimum Gasteiger partial charge on any atom is -0.369 e. The number of halogens is 3. The molecule has 5 rings (SSSR count). The van der Waals surface area contributed by atoms with E-state index in [1.807, 2.05) is 58.1 Å². The molecule has 198 valence electrons. The highest BCUT2D eigenvalue weighted by atomic mass is 19.4. The van der Waals surface area contributed by atoms with Crippen molar-refractivity contribution in [2.75, 3.05) is 44.2 Å². The molecule has 0 aliphatic carbocycles. The molecular formula is C29H30F3N5O. The van der Waals surface area contributed by atoms with Gasteiger partial charge in [-0.15, -0.1) is 0 Å². The lowest BCUT2D eigenvalue weighted by Crippen LogP contribution is -2.46. The predicted octanol–water partition coefficient (Wildman–Crippen LogP) is 5.35. The first-order valence-electron chi connectivity index (χ1n) is 12.8. The van der Waals surface area contributed by atoms with Gasteiger partial charge in [-0.2, -0.15) is 13.2 Å². The molecule has 1 aliphatic heterocycles. The van der Waals surface area contributed by atoms with E-state index >= 15 is 0 Å². The van der Waals surface area contributed by atoms with E-state index in [9.17, 15) is 18.0 Å². The highest BCUT2D eigenvalue weighted by Gasteiger charge is 2.31. The largest absolute Gasteiger partial charge is 0.416 e. The van der Waals surface area contributed by atoms with Crippen LogP contribution in [0.2, 0.25) is 0 Å². The van der Waals surface area contributed by atoms with Gasteiger partial charge in [0.2, 0.25) is 0 Å². The fourth-order valence-corrected chi connectivity index (χ4v) is 4.85. The van der Waals surface area contributed by atoms with E-state index in [4.69, 9.17) is 0 Å². The molecule has 9 heteroatoms. The van der Waals surface area contributed by atoms with Crippen LogP contribution in [-0.2, 0) is 6.18 Å². The van der Waals surface area contributed by atoms with Crippen LogP contribution in [0, 0.1) is 0 Å². The Kier molecular flexibility index (Phi) is 7.64. The molecule has 6 nitrogen and oxygen atoms in total. The highest BCUT2D eigenvalue weighted by Crippen LogP contribution is 2.32. The molecule has 1 saturated heterocycles. The summed E-state index contributed by atoms with van der Waals surface area (Å²) in [5.41, 5.74) is 3.53. The Hall–Kier alpha value is -3.85. The number of carbonyl (C=O) groups is 1. The van der Waals surface area contributed by atoms with Crippen LogP contribution in [0.4, 0.5) is 18.9 Å². The van der Waals surface area contributed by atoms with Gasteiger partial charge >= 0.3 is 6.18 Å². The second-order valence-electron chi connectivity index (χ2n) is 9.50. The Balaban J connectivity index is 1.02. The summed E-state index contributed by atoms with van der Waals surface area (Å²) >= 11 is 0. The zero-order valence-electron chi connectivity index (χ0n) is 21.0. The third kappa shape index (κ3) is 5.99. The number of amides is 1. The Labute approximate surface area is 219 Å². The maximum Gasteiger partial charge on any atom is 0.416 e. The number of aromatic nitrogens is 2. The summed E-state index contributed by atoms with van der Waals surface area (Å²) in [5, 5.41) is 2.99. The van der Waals surface area contributed by atoms with E-state index in [2.05, 4.69) is 15.2 Å². The number of rotatable bonds is 8. The summed E-state index contributed by atoms with van der Waals surface area (Å²) in [5.74, 6) is -0.0923. The van der Waals surface area contributed by atoms with Crippen molar-refractivity contribution in [2.45, 2.75) is 19.0 Å². The van der Waals surface area contributed by atoms with Crippen LogP contribution in [-0.4, -0.2) is 59.5 Å². The number of pyridine rings is 1. The van der Waals surface area contributed by atoms with Gasteiger partial charge < -0.3 is 14.6 Å². The van der Waals surface area contributed by atoms with Crippen LogP contribution in [0.15, 0.2) is 79.3 Å². The molecule has 0 radical (unpaired) electrons. The number of fused-ring (bicyclic) bond motifs is 1. The highest BCUT2D eigenvalue weighted by molar-refractivity contribution is 5.95. The molecule has 38 heavy (non-hydrogen) atoms. The van der Waals surface area contributed by atoms with Crippen molar-refractivity contribution >= 4 is 17.2 Å². The molecule has 0 saturated carbocycles. The van der Waals surface area contributed by atoms with E-state index in [1.54, 1.807) is 12.3 Å². The number of imidazole rings is 1. The van der Waals surface area contributed by atoms with E-state index in [0.717, 1.165) is 55.3 Å². The summed E-state index contributed by atoms with van der Waals surface area (Å²) in [6, 6.07) is 17.1. The lowest BCUT2D eigenvalue weighted by atomic mass is 10.0. The number of hydrogen-bond donors (Lipinski definition) is 1. The Morgan fingerprint density at radius 1 is 0.921 bits per heavy atom. The topological polar surface area (TPSA) is 52.9 Å². The lowest BCUT2D eigenvalue weighted by Gasteiger charge is -2.36.